The Hall–Kier alpha value is -3.10. The van der Waals surface area contributed by atoms with Crippen molar-refractivity contribution in [2.75, 3.05) is 24.6 Å². The van der Waals surface area contributed by atoms with Gasteiger partial charge in [-0.1, -0.05) is 56.6 Å². The number of halogens is 1. The molecule has 0 unspecified atom stereocenters. The van der Waals surface area contributed by atoms with E-state index in [2.05, 4.69) is 20.8 Å². The summed E-state index contributed by atoms with van der Waals surface area (Å²) in [6.45, 7) is 9.05. The van der Waals surface area contributed by atoms with Crippen LogP contribution in [-0.4, -0.2) is 59.6 Å². The molecule has 3 aliphatic heterocycles. The van der Waals surface area contributed by atoms with Gasteiger partial charge in [-0.2, -0.15) is 0 Å². The van der Waals surface area contributed by atoms with Crippen LogP contribution in [0, 0.1) is 18.3 Å². The van der Waals surface area contributed by atoms with Gasteiger partial charge in [0.2, 0.25) is 5.91 Å². The van der Waals surface area contributed by atoms with Gasteiger partial charge in [-0.25, -0.2) is 0 Å². The number of carboxylic acid groups (broad SMARTS) is 1. The molecule has 3 heterocycles. The average molecular weight is 555 g/mol. The second kappa shape index (κ2) is 10.5. The molecule has 2 aromatic rings. The van der Waals surface area contributed by atoms with Gasteiger partial charge in [0.1, 0.15) is 24.6 Å². The van der Waals surface area contributed by atoms with Crippen molar-refractivity contribution in [2.24, 2.45) is 11.3 Å². The van der Waals surface area contributed by atoms with Crippen LogP contribution in [-0.2, 0) is 19.1 Å². The van der Waals surface area contributed by atoms with Crippen molar-refractivity contribution in [3.8, 4) is 5.75 Å². The van der Waals surface area contributed by atoms with E-state index >= 15 is 0 Å². The molecule has 4 atom stereocenters. The maximum Gasteiger partial charge on any atom is 0.308 e. The summed E-state index contributed by atoms with van der Waals surface area (Å²) < 4.78 is 12.8. The largest absolute Gasteiger partial charge is 0.489 e. The van der Waals surface area contributed by atoms with Crippen molar-refractivity contribution in [2.45, 2.75) is 65.2 Å². The molecule has 0 spiro atoms. The van der Waals surface area contributed by atoms with Gasteiger partial charge in [-0.15, -0.1) is 0 Å². The first kappa shape index (κ1) is 27.5. The Morgan fingerprint density at radius 3 is 2.59 bits per heavy atom. The number of aliphatic carboxylic acids is 1. The Labute approximate surface area is 233 Å². The number of carboxylic acids is 1. The van der Waals surface area contributed by atoms with E-state index in [9.17, 15) is 19.5 Å². The van der Waals surface area contributed by atoms with Gasteiger partial charge in [-0.05, 0) is 42.9 Å². The SMILES string of the molecule is Cc1cc2c3c(c1)[C@@H](c1ccccc1Cl)O[C@H](CC(=O)N1CCC[C@@H](C(=O)O)C1)C(=O)N3[C@H](C(C)(C)C)CO2. The number of carbonyl (C=O) groups excluding carboxylic acids is 2. The molecule has 0 aliphatic carbocycles. The van der Waals surface area contributed by atoms with E-state index < -0.39 is 24.1 Å². The number of piperidine rings is 1. The van der Waals surface area contributed by atoms with Crippen LogP contribution in [0.1, 0.15) is 62.8 Å². The van der Waals surface area contributed by atoms with Gasteiger partial charge in [0.05, 0.1) is 24.1 Å². The number of benzene rings is 2. The quantitative estimate of drug-likeness (QED) is 0.572. The van der Waals surface area contributed by atoms with Crippen molar-refractivity contribution < 1.29 is 29.0 Å². The number of likely N-dealkylation sites (tertiary alicyclic amines) is 1. The Bertz CT molecular complexity index is 1300. The number of amides is 2. The highest BCUT2D eigenvalue weighted by molar-refractivity contribution is 6.31. The van der Waals surface area contributed by atoms with E-state index in [0.29, 0.717) is 48.0 Å². The second-order valence-corrected chi connectivity index (χ2v) is 12.3. The van der Waals surface area contributed by atoms with Crippen LogP contribution in [0.3, 0.4) is 0 Å². The zero-order chi connectivity index (χ0) is 28.1. The molecule has 5 rings (SSSR count). The first-order chi connectivity index (χ1) is 18.5. The predicted molar refractivity (Wildman–Crippen MR) is 147 cm³/mol. The fourth-order valence-corrected chi connectivity index (χ4v) is 6.08. The lowest BCUT2D eigenvalue weighted by Gasteiger charge is -2.44. The van der Waals surface area contributed by atoms with E-state index in [1.807, 2.05) is 37.3 Å². The number of rotatable bonds is 4. The van der Waals surface area contributed by atoms with E-state index in [1.54, 1.807) is 15.9 Å². The summed E-state index contributed by atoms with van der Waals surface area (Å²) in [5.74, 6) is -1.51. The minimum atomic E-state index is -1.09. The molecule has 0 aromatic heterocycles. The highest BCUT2D eigenvalue weighted by atomic mass is 35.5. The summed E-state index contributed by atoms with van der Waals surface area (Å²) >= 11 is 6.66. The first-order valence-corrected chi connectivity index (χ1v) is 13.8. The van der Waals surface area contributed by atoms with E-state index in [4.69, 9.17) is 21.1 Å². The fourth-order valence-electron chi connectivity index (χ4n) is 5.85. The van der Waals surface area contributed by atoms with Crippen LogP contribution in [0.4, 0.5) is 5.69 Å². The third kappa shape index (κ3) is 5.24. The average Bonchev–Trinajstić information content (AvgIpc) is 3.00. The highest BCUT2D eigenvalue weighted by Gasteiger charge is 2.48. The lowest BCUT2D eigenvalue weighted by atomic mass is 9.84. The molecule has 0 bridgehead atoms. The molecular weight excluding hydrogens is 520 g/mol. The Morgan fingerprint density at radius 2 is 1.90 bits per heavy atom. The van der Waals surface area contributed by atoms with Crippen LogP contribution >= 0.6 is 11.6 Å². The molecule has 8 nitrogen and oxygen atoms in total. The number of anilines is 1. The zero-order valence-electron chi connectivity index (χ0n) is 22.8. The van der Waals surface area contributed by atoms with Crippen LogP contribution in [0.2, 0.25) is 5.02 Å². The van der Waals surface area contributed by atoms with Gasteiger partial charge in [-0.3, -0.25) is 19.3 Å². The molecule has 3 aliphatic rings. The van der Waals surface area contributed by atoms with Gasteiger partial charge >= 0.3 is 5.97 Å². The normalized spacial score (nSPS) is 25.0. The summed E-state index contributed by atoms with van der Waals surface area (Å²) in [7, 11) is 0. The number of aryl methyl sites for hydroxylation is 1. The molecule has 2 aromatic carbocycles. The lowest BCUT2D eigenvalue weighted by molar-refractivity contribution is -0.149. The Morgan fingerprint density at radius 1 is 1.15 bits per heavy atom. The second-order valence-electron chi connectivity index (χ2n) is 11.8. The molecule has 1 fully saturated rings. The minimum Gasteiger partial charge on any atom is -0.489 e. The number of ether oxygens (including phenoxy) is 2. The van der Waals surface area contributed by atoms with E-state index in [0.717, 1.165) is 11.1 Å². The van der Waals surface area contributed by atoms with Gasteiger partial charge in [0, 0.05) is 29.2 Å². The van der Waals surface area contributed by atoms with Crippen molar-refractivity contribution >= 4 is 35.1 Å². The number of hydrogen-bond acceptors (Lipinski definition) is 5. The summed E-state index contributed by atoms with van der Waals surface area (Å²) in [5.41, 5.74) is 2.74. The maximum absolute atomic E-state index is 14.4. The van der Waals surface area contributed by atoms with E-state index in [-0.39, 0.29) is 36.2 Å². The van der Waals surface area contributed by atoms with Gasteiger partial charge < -0.3 is 19.5 Å². The third-order valence-corrected chi connectivity index (χ3v) is 8.31. The van der Waals surface area contributed by atoms with Crippen LogP contribution in [0.15, 0.2) is 36.4 Å². The van der Waals surface area contributed by atoms with Crippen LogP contribution < -0.4 is 9.64 Å². The minimum absolute atomic E-state index is 0.134. The van der Waals surface area contributed by atoms with Crippen LogP contribution in [0.5, 0.6) is 5.75 Å². The fraction of sp³-hybridized carbons (Fsp3) is 0.500. The highest BCUT2D eigenvalue weighted by Crippen LogP contribution is 2.49. The molecule has 9 heteroatoms. The number of hydrogen-bond donors (Lipinski definition) is 1. The van der Waals surface area contributed by atoms with Crippen molar-refractivity contribution in [3.63, 3.8) is 0 Å². The molecule has 1 N–H and O–H groups in total. The summed E-state index contributed by atoms with van der Waals surface area (Å²) in [4.78, 5) is 42.8. The lowest BCUT2D eigenvalue weighted by Crippen LogP contribution is -2.56. The Kier molecular flexibility index (Phi) is 7.37. The smallest absolute Gasteiger partial charge is 0.308 e. The standard InChI is InChI=1S/C30H35ClN2O6/c1-17-12-20-26-22(13-17)38-16-24(30(2,3)4)33(26)28(35)23(39-27(20)19-9-5-6-10-21(19)31)14-25(34)32-11-7-8-18(15-32)29(36)37/h5-6,9-10,12-13,18,23-24,27H,7-8,11,14-16H2,1-4H3,(H,36,37)/t18-,23-,24+,27-/m1/s1. The van der Waals surface area contributed by atoms with Gasteiger partial charge in [0.15, 0.2) is 0 Å². The van der Waals surface area contributed by atoms with Crippen molar-refractivity contribution in [3.05, 3.63) is 58.1 Å². The third-order valence-electron chi connectivity index (χ3n) is 7.96. The molecular formula is C30H35ClN2O6. The summed E-state index contributed by atoms with van der Waals surface area (Å²) in [5, 5.41) is 10.00. The maximum atomic E-state index is 14.4. The number of nitrogens with zero attached hydrogens (tertiary/aromatic N) is 2. The molecule has 208 valence electrons. The monoisotopic (exact) mass is 554 g/mol. The molecule has 0 radical (unpaired) electrons. The summed E-state index contributed by atoms with van der Waals surface area (Å²) in [6.07, 6.45) is -0.858. The Balaban J connectivity index is 1.60. The molecule has 2 amide bonds. The predicted octanol–water partition coefficient (Wildman–Crippen LogP) is 4.99. The zero-order valence-corrected chi connectivity index (χ0v) is 23.5. The van der Waals surface area contributed by atoms with Crippen molar-refractivity contribution in [1.29, 1.82) is 0 Å². The van der Waals surface area contributed by atoms with Gasteiger partial charge in [0.25, 0.3) is 5.91 Å². The van der Waals surface area contributed by atoms with Crippen molar-refractivity contribution in [1.82, 2.24) is 4.90 Å². The van der Waals surface area contributed by atoms with E-state index in [1.165, 1.54) is 0 Å². The van der Waals surface area contributed by atoms with Crippen LogP contribution in [0.25, 0.3) is 0 Å². The summed E-state index contributed by atoms with van der Waals surface area (Å²) in [6, 6.07) is 11.0. The topological polar surface area (TPSA) is 96.4 Å². The first-order valence-electron chi connectivity index (χ1n) is 13.5. The number of carbonyl (C=O) groups is 3. The molecule has 39 heavy (non-hydrogen) atoms. The molecule has 0 saturated carbocycles. The molecule has 1 saturated heterocycles.